The number of hydrogen-bond acceptors (Lipinski definition) is 3. The molecule has 1 N–H and O–H groups in total. The highest BCUT2D eigenvalue weighted by atomic mass is 16.7. The third-order valence-electron chi connectivity index (χ3n) is 3.55. The molecule has 1 aliphatic carbocycles. The zero-order chi connectivity index (χ0) is 11.0. The maximum absolute atomic E-state index is 5.58. The zero-order valence-corrected chi connectivity index (χ0v) is 9.58. The van der Waals surface area contributed by atoms with Crippen molar-refractivity contribution in [3.05, 3.63) is 23.3 Å². The van der Waals surface area contributed by atoms with Crippen LogP contribution < -0.4 is 14.8 Å². The molecule has 3 rings (SSSR count). The smallest absolute Gasteiger partial charge is 0.231 e. The van der Waals surface area contributed by atoms with Crippen LogP contribution in [-0.4, -0.2) is 20.4 Å². The summed E-state index contributed by atoms with van der Waals surface area (Å²) in [5.74, 6) is 2.55. The second-order valence-corrected chi connectivity index (χ2v) is 4.51. The predicted molar refractivity (Wildman–Crippen MR) is 62.2 cm³/mol. The Bertz CT molecular complexity index is 403. The van der Waals surface area contributed by atoms with Crippen molar-refractivity contribution in [1.29, 1.82) is 0 Å². The molecule has 2 aliphatic rings. The van der Waals surface area contributed by atoms with Crippen LogP contribution in [0.1, 0.15) is 29.9 Å². The Labute approximate surface area is 95.8 Å². The number of ether oxygens (including phenoxy) is 2. The van der Waals surface area contributed by atoms with Crippen molar-refractivity contribution in [2.75, 3.05) is 20.4 Å². The fourth-order valence-electron chi connectivity index (χ4n) is 2.82. The highest BCUT2D eigenvalue weighted by Crippen LogP contribution is 2.43. The van der Waals surface area contributed by atoms with Crippen LogP contribution >= 0.6 is 0 Å². The molecular weight excluding hydrogens is 202 g/mol. The van der Waals surface area contributed by atoms with E-state index in [1.807, 2.05) is 7.05 Å². The van der Waals surface area contributed by atoms with E-state index in [1.54, 1.807) is 0 Å². The molecule has 0 fully saturated rings. The Morgan fingerprint density at radius 1 is 1.38 bits per heavy atom. The molecule has 16 heavy (non-hydrogen) atoms. The summed E-state index contributed by atoms with van der Waals surface area (Å²) in [6.07, 6.45) is 3.65. The first kappa shape index (κ1) is 9.97. The van der Waals surface area contributed by atoms with E-state index < -0.39 is 0 Å². The number of likely N-dealkylation sites (N-methyl/N-ethyl adjacent to an activating group) is 1. The van der Waals surface area contributed by atoms with Crippen molar-refractivity contribution in [2.45, 2.75) is 25.2 Å². The third kappa shape index (κ3) is 1.47. The fourth-order valence-corrected chi connectivity index (χ4v) is 2.82. The van der Waals surface area contributed by atoms with Gasteiger partial charge < -0.3 is 14.8 Å². The van der Waals surface area contributed by atoms with E-state index >= 15 is 0 Å². The Balaban J connectivity index is 2.02. The lowest BCUT2D eigenvalue weighted by Gasteiger charge is -2.26. The van der Waals surface area contributed by atoms with Gasteiger partial charge in [-0.3, -0.25) is 0 Å². The normalized spacial score (nSPS) is 21.9. The number of fused-ring (bicyclic) bond motifs is 3. The van der Waals surface area contributed by atoms with E-state index in [9.17, 15) is 0 Å². The molecule has 3 heteroatoms. The van der Waals surface area contributed by atoms with E-state index in [1.165, 1.54) is 24.0 Å². The Morgan fingerprint density at radius 2 is 2.31 bits per heavy atom. The van der Waals surface area contributed by atoms with Crippen LogP contribution in [-0.2, 0) is 6.42 Å². The van der Waals surface area contributed by atoms with Gasteiger partial charge in [-0.15, -0.1) is 0 Å². The molecular formula is C13H17NO2. The molecule has 1 aromatic carbocycles. The van der Waals surface area contributed by atoms with Gasteiger partial charge in [0.25, 0.3) is 0 Å². The number of hydrogen-bond donors (Lipinski definition) is 1. The van der Waals surface area contributed by atoms with Crippen molar-refractivity contribution >= 4 is 0 Å². The Kier molecular flexibility index (Phi) is 2.48. The standard InChI is InChI=1S/C13H17NO2/c1-14-7-9-3-2-4-11-10(9)5-6-12-13(11)16-8-15-12/h5-6,9,14H,2-4,7-8H2,1H3/t9-/m0/s1. The maximum Gasteiger partial charge on any atom is 0.231 e. The molecule has 0 saturated heterocycles. The Hall–Kier alpha value is -1.22. The molecule has 1 aliphatic heterocycles. The fraction of sp³-hybridized carbons (Fsp3) is 0.538. The molecule has 1 aromatic rings. The summed E-state index contributed by atoms with van der Waals surface area (Å²) in [4.78, 5) is 0. The topological polar surface area (TPSA) is 30.5 Å². The van der Waals surface area contributed by atoms with Crippen LogP contribution in [0.3, 0.4) is 0 Å². The van der Waals surface area contributed by atoms with E-state index in [0.29, 0.717) is 12.7 Å². The van der Waals surface area contributed by atoms with Gasteiger partial charge in [0.2, 0.25) is 6.79 Å². The monoisotopic (exact) mass is 219 g/mol. The predicted octanol–water partition coefficient (Wildman–Crippen LogP) is 2.05. The summed E-state index contributed by atoms with van der Waals surface area (Å²) in [7, 11) is 2.02. The molecule has 0 aromatic heterocycles. The minimum Gasteiger partial charge on any atom is -0.454 e. The first-order valence-corrected chi connectivity index (χ1v) is 5.96. The van der Waals surface area contributed by atoms with Crippen molar-refractivity contribution in [3.63, 3.8) is 0 Å². The number of nitrogens with one attached hydrogen (secondary N) is 1. The highest BCUT2D eigenvalue weighted by Gasteiger charge is 2.27. The summed E-state index contributed by atoms with van der Waals surface area (Å²) in [5, 5.41) is 3.27. The number of rotatable bonds is 2. The van der Waals surface area contributed by atoms with E-state index in [0.717, 1.165) is 24.5 Å². The van der Waals surface area contributed by atoms with Gasteiger partial charge >= 0.3 is 0 Å². The summed E-state index contributed by atoms with van der Waals surface area (Å²) in [6, 6.07) is 4.26. The summed E-state index contributed by atoms with van der Waals surface area (Å²) >= 11 is 0. The van der Waals surface area contributed by atoms with Crippen LogP contribution in [0, 0.1) is 0 Å². The van der Waals surface area contributed by atoms with Crippen LogP contribution in [0.15, 0.2) is 12.1 Å². The molecule has 0 amide bonds. The average Bonchev–Trinajstić information content (AvgIpc) is 2.78. The molecule has 3 nitrogen and oxygen atoms in total. The quantitative estimate of drug-likeness (QED) is 0.825. The molecule has 0 unspecified atom stereocenters. The van der Waals surface area contributed by atoms with Crippen molar-refractivity contribution < 1.29 is 9.47 Å². The Morgan fingerprint density at radius 3 is 3.19 bits per heavy atom. The lowest BCUT2D eigenvalue weighted by Crippen LogP contribution is -2.21. The van der Waals surface area contributed by atoms with Gasteiger partial charge in [-0.25, -0.2) is 0 Å². The second-order valence-electron chi connectivity index (χ2n) is 4.51. The van der Waals surface area contributed by atoms with Gasteiger partial charge in [0.05, 0.1) is 0 Å². The SMILES string of the molecule is CNC[C@@H]1CCCc2c1ccc1c2OCO1. The summed E-state index contributed by atoms with van der Waals surface area (Å²) < 4.78 is 11.0. The van der Waals surface area contributed by atoms with Crippen LogP contribution in [0.4, 0.5) is 0 Å². The third-order valence-corrected chi connectivity index (χ3v) is 3.55. The van der Waals surface area contributed by atoms with Crippen molar-refractivity contribution in [1.82, 2.24) is 5.32 Å². The maximum atomic E-state index is 5.58. The molecule has 1 heterocycles. The summed E-state index contributed by atoms with van der Waals surface area (Å²) in [6.45, 7) is 1.43. The molecule has 1 atom stereocenters. The van der Waals surface area contributed by atoms with E-state index in [-0.39, 0.29) is 0 Å². The van der Waals surface area contributed by atoms with Gasteiger partial charge in [-0.2, -0.15) is 0 Å². The zero-order valence-electron chi connectivity index (χ0n) is 9.58. The van der Waals surface area contributed by atoms with Crippen LogP contribution in [0.25, 0.3) is 0 Å². The van der Waals surface area contributed by atoms with Gasteiger partial charge in [-0.1, -0.05) is 6.07 Å². The molecule has 0 bridgehead atoms. The van der Waals surface area contributed by atoms with Crippen LogP contribution in [0.5, 0.6) is 11.5 Å². The minimum absolute atomic E-state index is 0.377. The van der Waals surface area contributed by atoms with Gasteiger partial charge in [0.15, 0.2) is 11.5 Å². The molecule has 0 radical (unpaired) electrons. The van der Waals surface area contributed by atoms with E-state index in [2.05, 4.69) is 17.4 Å². The van der Waals surface area contributed by atoms with Gasteiger partial charge in [-0.05, 0) is 43.9 Å². The molecule has 0 spiro atoms. The van der Waals surface area contributed by atoms with E-state index in [4.69, 9.17) is 9.47 Å². The number of benzene rings is 1. The van der Waals surface area contributed by atoms with Crippen molar-refractivity contribution in [2.24, 2.45) is 0 Å². The minimum atomic E-state index is 0.377. The van der Waals surface area contributed by atoms with Crippen molar-refractivity contribution in [3.8, 4) is 11.5 Å². The lowest BCUT2D eigenvalue weighted by molar-refractivity contribution is 0.173. The van der Waals surface area contributed by atoms with Crippen LogP contribution in [0.2, 0.25) is 0 Å². The highest BCUT2D eigenvalue weighted by molar-refractivity contribution is 5.54. The first-order valence-electron chi connectivity index (χ1n) is 5.96. The molecule has 0 saturated carbocycles. The lowest BCUT2D eigenvalue weighted by atomic mass is 9.82. The van der Waals surface area contributed by atoms with Gasteiger partial charge in [0.1, 0.15) is 0 Å². The van der Waals surface area contributed by atoms with Gasteiger partial charge in [0, 0.05) is 12.1 Å². The second kappa shape index (κ2) is 3.98. The average molecular weight is 219 g/mol. The summed E-state index contributed by atoms with van der Waals surface area (Å²) in [5.41, 5.74) is 2.83. The molecule has 86 valence electrons. The largest absolute Gasteiger partial charge is 0.454 e. The first-order chi connectivity index (χ1) is 7.90.